The predicted molar refractivity (Wildman–Crippen MR) is 113 cm³/mol. The minimum absolute atomic E-state index is 0.152. The van der Waals surface area contributed by atoms with Crippen molar-refractivity contribution in [3.05, 3.63) is 23.9 Å². The Balaban J connectivity index is 1.62. The molecule has 6 nitrogen and oxygen atoms in total. The van der Waals surface area contributed by atoms with Crippen LogP contribution in [0.25, 0.3) is 0 Å². The number of nitrogens with zero attached hydrogens (tertiary/aromatic N) is 3. The van der Waals surface area contributed by atoms with E-state index in [2.05, 4.69) is 24.1 Å². The van der Waals surface area contributed by atoms with Gasteiger partial charge >= 0.3 is 6.18 Å². The van der Waals surface area contributed by atoms with Crippen LogP contribution in [0.4, 0.5) is 19.0 Å². The molecule has 1 aliphatic carbocycles. The number of carbonyl (C=O) groups excluding carboxylic acids is 1. The van der Waals surface area contributed by atoms with Gasteiger partial charge in [-0.15, -0.1) is 0 Å². The highest BCUT2D eigenvalue weighted by Gasteiger charge is 2.49. The first-order valence-electron chi connectivity index (χ1n) is 11.1. The Morgan fingerprint density at radius 3 is 2.65 bits per heavy atom. The fourth-order valence-corrected chi connectivity index (χ4v) is 4.82. The smallest absolute Gasteiger partial charge is 0.396 e. The Kier molecular flexibility index (Phi) is 7.47. The number of hydrogen-bond acceptors (Lipinski definition) is 5. The van der Waals surface area contributed by atoms with Gasteiger partial charge in [0, 0.05) is 45.0 Å². The van der Waals surface area contributed by atoms with Gasteiger partial charge in [-0.25, -0.2) is 4.98 Å². The quantitative estimate of drug-likeness (QED) is 0.636. The molecule has 0 spiro atoms. The van der Waals surface area contributed by atoms with Crippen LogP contribution in [0.2, 0.25) is 0 Å². The van der Waals surface area contributed by atoms with E-state index in [4.69, 9.17) is 5.11 Å². The van der Waals surface area contributed by atoms with Gasteiger partial charge < -0.3 is 20.2 Å². The number of nitrogens with one attached hydrogen (secondary N) is 1. The maximum Gasteiger partial charge on any atom is 0.416 e. The normalized spacial score (nSPS) is 24.8. The average molecular weight is 443 g/mol. The Morgan fingerprint density at radius 2 is 2.03 bits per heavy atom. The summed E-state index contributed by atoms with van der Waals surface area (Å²) in [6.07, 6.45) is 0.0311. The molecule has 0 radical (unpaired) electrons. The van der Waals surface area contributed by atoms with Crippen molar-refractivity contribution in [1.29, 1.82) is 0 Å². The Labute approximate surface area is 181 Å². The SMILES string of the molecule is CC(C)[C@]1(C(=O)N2CCN(c3cc(C(F)(F)F)ccn3)CC2)CCC(NCCCO)C1. The van der Waals surface area contributed by atoms with Gasteiger partial charge in [0.25, 0.3) is 0 Å². The third-order valence-electron chi connectivity index (χ3n) is 6.81. The van der Waals surface area contributed by atoms with E-state index in [1.54, 1.807) is 0 Å². The molecule has 2 heterocycles. The Bertz CT molecular complexity index is 751. The minimum Gasteiger partial charge on any atom is -0.396 e. The molecule has 1 aliphatic heterocycles. The Hall–Kier alpha value is -1.87. The molecule has 174 valence electrons. The summed E-state index contributed by atoms with van der Waals surface area (Å²) >= 11 is 0. The van der Waals surface area contributed by atoms with Gasteiger partial charge in [-0.1, -0.05) is 13.8 Å². The van der Waals surface area contributed by atoms with Crippen molar-refractivity contribution < 1.29 is 23.1 Å². The zero-order valence-corrected chi connectivity index (χ0v) is 18.3. The summed E-state index contributed by atoms with van der Waals surface area (Å²) in [7, 11) is 0. The summed E-state index contributed by atoms with van der Waals surface area (Å²) in [5.41, 5.74) is -1.12. The summed E-state index contributed by atoms with van der Waals surface area (Å²) in [4.78, 5) is 21.3. The van der Waals surface area contributed by atoms with Crippen LogP contribution < -0.4 is 10.2 Å². The molecule has 1 aromatic heterocycles. The van der Waals surface area contributed by atoms with Crippen molar-refractivity contribution >= 4 is 11.7 Å². The largest absolute Gasteiger partial charge is 0.416 e. The van der Waals surface area contributed by atoms with Gasteiger partial charge in [-0.05, 0) is 50.3 Å². The van der Waals surface area contributed by atoms with Crippen molar-refractivity contribution in [1.82, 2.24) is 15.2 Å². The second-order valence-corrected chi connectivity index (χ2v) is 8.96. The molecular weight excluding hydrogens is 409 g/mol. The highest BCUT2D eigenvalue weighted by atomic mass is 19.4. The zero-order valence-electron chi connectivity index (χ0n) is 18.3. The monoisotopic (exact) mass is 442 g/mol. The number of piperazine rings is 1. The van der Waals surface area contributed by atoms with Gasteiger partial charge in [0.05, 0.1) is 11.0 Å². The molecule has 31 heavy (non-hydrogen) atoms. The lowest BCUT2D eigenvalue weighted by Gasteiger charge is -2.42. The van der Waals surface area contributed by atoms with E-state index >= 15 is 0 Å². The summed E-state index contributed by atoms with van der Waals surface area (Å²) in [6, 6.07) is 2.32. The number of rotatable bonds is 7. The maximum absolute atomic E-state index is 13.5. The number of hydrogen-bond donors (Lipinski definition) is 2. The molecule has 2 fully saturated rings. The van der Waals surface area contributed by atoms with Crippen LogP contribution in [-0.4, -0.2) is 66.3 Å². The van der Waals surface area contributed by atoms with Crippen LogP contribution >= 0.6 is 0 Å². The Morgan fingerprint density at radius 1 is 1.32 bits per heavy atom. The molecule has 2 aliphatic rings. The third kappa shape index (κ3) is 5.31. The van der Waals surface area contributed by atoms with E-state index in [0.29, 0.717) is 38.4 Å². The molecule has 1 saturated heterocycles. The number of alkyl halides is 3. The van der Waals surface area contributed by atoms with E-state index in [-0.39, 0.29) is 24.5 Å². The molecule has 1 unspecified atom stereocenters. The van der Waals surface area contributed by atoms with Crippen LogP contribution in [-0.2, 0) is 11.0 Å². The number of aromatic nitrogens is 1. The average Bonchev–Trinajstić information content (AvgIpc) is 3.19. The fourth-order valence-electron chi connectivity index (χ4n) is 4.82. The lowest BCUT2D eigenvalue weighted by atomic mass is 9.74. The van der Waals surface area contributed by atoms with Crippen molar-refractivity contribution in [2.24, 2.45) is 11.3 Å². The topological polar surface area (TPSA) is 68.7 Å². The van der Waals surface area contributed by atoms with E-state index < -0.39 is 17.2 Å². The lowest BCUT2D eigenvalue weighted by molar-refractivity contribution is -0.145. The number of halogens is 3. The van der Waals surface area contributed by atoms with E-state index in [1.807, 2.05) is 9.80 Å². The zero-order chi connectivity index (χ0) is 22.6. The molecule has 1 aromatic rings. The first-order chi connectivity index (χ1) is 14.7. The standard InChI is InChI=1S/C22H33F3N4O2/c1-16(2)21(6-4-18(15-21)26-7-3-13-30)20(31)29-11-9-28(10-12-29)19-14-17(5-8-27-19)22(23,24)25/h5,8,14,16,18,26,30H,3-4,6-7,9-13,15H2,1-2H3/t18?,21-/m0/s1. The minimum atomic E-state index is -4.40. The molecule has 2 atom stereocenters. The van der Waals surface area contributed by atoms with Crippen molar-refractivity contribution in [2.45, 2.75) is 51.7 Å². The molecule has 9 heteroatoms. The van der Waals surface area contributed by atoms with Crippen LogP contribution in [0.1, 0.15) is 45.1 Å². The first-order valence-corrected chi connectivity index (χ1v) is 11.1. The summed E-state index contributed by atoms with van der Waals surface area (Å²) in [6.45, 7) is 6.97. The number of pyridine rings is 1. The van der Waals surface area contributed by atoms with Crippen LogP contribution in [0.15, 0.2) is 18.3 Å². The van der Waals surface area contributed by atoms with Gasteiger partial charge in [-0.2, -0.15) is 13.2 Å². The van der Waals surface area contributed by atoms with Gasteiger partial charge in [0.1, 0.15) is 5.82 Å². The molecule has 2 N–H and O–H groups in total. The van der Waals surface area contributed by atoms with Crippen molar-refractivity contribution in [3.8, 4) is 0 Å². The second-order valence-electron chi connectivity index (χ2n) is 8.96. The van der Waals surface area contributed by atoms with Crippen LogP contribution in [0.3, 0.4) is 0 Å². The number of aliphatic hydroxyl groups excluding tert-OH is 1. The van der Waals surface area contributed by atoms with E-state index in [1.165, 1.54) is 6.20 Å². The van der Waals surface area contributed by atoms with Crippen molar-refractivity contribution in [3.63, 3.8) is 0 Å². The lowest BCUT2D eigenvalue weighted by Crippen LogP contribution is -2.54. The number of amides is 1. The maximum atomic E-state index is 13.5. The van der Waals surface area contributed by atoms with Gasteiger partial charge in [0.2, 0.25) is 5.91 Å². The van der Waals surface area contributed by atoms with Crippen LogP contribution in [0, 0.1) is 11.3 Å². The van der Waals surface area contributed by atoms with Gasteiger partial charge in [0.15, 0.2) is 0 Å². The highest BCUT2D eigenvalue weighted by molar-refractivity contribution is 5.83. The summed E-state index contributed by atoms with van der Waals surface area (Å²) in [5.74, 6) is 0.660. The molecule has 0 aromatic carbocycles. The fraction of sp³-hybridized carbons (Fsp3) is 0.727. The van der Waals surface area contributed by atoms with Crippen LogP contribution in [0.5, 0.6) is 0 Å². The molecule has 3 rings (SSSR count). The first kappa shape index (κ1) is 23.8. The summed E-state index contributed by atoms with van der Waals surface area (Å²) < 4.78 is 39.0. The van der Waals surface area contributed by atoms with Gasteiger partial charge in [-0.3, -0.25) is 4.79 Å². The summed E-state index contributed by atoms with van der Waals surface area (Å²) in [5, 5.41) is 12.4. The number of carbonyl (C=O) groups is 1. The molecular formula is C22H33F3N4O2. The predicted octanol–water partition coefficient (Wildman–Crippen LogP) is 2.92. The number of anilines is 1. The second kappa shape index (κ2) is 9.73. The third-order valence-corrected chi connectivity index (χ3v) is 6.81. The molecule has 1 saturated carbocycles. The molecule has 0 bridgehead atoms. The van der Waals surface area contributed by atoms with E-state index in [0.717, 1.165) is 37.9 Å². The number of aliphatic hydroxyl groups is 1. The van der Waals surface area contributed by atoms with Crippen molar-refractivity contribution in [2.75, 3.05) is 44.2 Å². The van der Waals surface area contributed by atoms with E-state index in [9.17, 15) is 18.0 Å². The highest BCUT2D eigenvalue weighted by Crippen LogP contribution is 2.46. The molecule has 1 amide bonds.